The van der Waals surface area contributed by atoms with Crippen LogP contribution in [0.5, 0.6) is 0 Å². The molecule has 0 saturated carbocycles. The fourth-order valence-corrected chi connectivity index (χ4v) is 3.96. The molecule has 4 nitrogen and oxygen atoms in total. The zero-order chi connectivity index (χ0) is 21.4. The topological polar surface area (TPSA) is 29.8 Å². The van der Waals surface area contributed by atoms with Crippen LogP contribution in [0.1, 0.15) is 5.56 Å². The first-order valence-corrected chi connectivity index (χ1v) is 10.1. The van der Waals surface area contributed by atoms with Gasteiger partial charge in [0.25, 0.3) is 0 Å². The Morgan fingerprint density at radius 2 is 1.55 bits per heavy atom. The molecule has 0 N–H and O–H groups in total. The first-order valence-electron chi connectivity index (χ1n) is 10.1. The molecule has 0 bridgehead atoms. The number of halogens is 3. The molecular weight excluding hydrogens is 403 g/mol. The Bertz CT molecular complexity index is 1190. The summed E-state index contributed by atoms with van der Waals surface area (Å²) >= 11 is 0. The minimum atomic E-state index is -4.51. The maximum atomic E-state index is 13.8. The lowest BCUT2D eigenvalue weighted by molar-refractivity contribution is -0.136. The number of pyridine rings is 1. The number of fused-ring (bicyclic) bond motifs is 1. The average Bonchev–Trinajstić information content (AvgIpc) is 3.23. The molecular formula is C24H20F3N3O. The molecule has 5 rings (SSSR count). The van der Waals surface area contributed by atoms with Crippen LogP contribution in [0, 0.1) is 0 Å². The second-order valence-electron chi connectivity index (χ2n) is 7.49. The SMILES string of the molecule is FC(F)(F)c1cc(-c2ccccc2)cn2c(-c3ccc(N4CCOCC4)cc3)cnc12. The summed E-state index contributed by atoms with van der Waals surface area (Å²) in [6.07, 6.45) is -1.28. The lowest BCUT2D eigenvalue weighted by Crippen LogP contribution is -2.36. The Balaban J connectivity index is 1.61. The van der Waals surface area contributed by atoms with E-state index in [0.29, 0.717) is 24.5 Å². The Labute approximate surface area is 177 Å². The van der Waals surface area contributed by atoms with Crippen molar-refractivity contribution >= 4 is 11.3 Å². The highest BCUT2D eigenvalue weighted by Gasteiger charge is 2.35. The Morgan fingerprint density at radius 1 is 0.839 bits per heavy atom. The van der Waals surface area contributed by atoms with Crippen molar-refractivity contribution in [2.75, 3.05) is 31.2 Å². The maximum absolute atomic E-state index is 13.8. The second kappa shape index (κ2) is 7.74. The van der Waals surface area contributed by atoms with Gasteiger partial charge in [0.15, 0.2) is 0 Å². The molecule has 158 valence electrons. The van der Waals surface area contributed by atoms with Gasteiger partial charge in [-0.1, -0.05) is 42.5 Å². The number of alkyl halides is 3. The molecule has 31 heavy (non-hydrogen) atoms. The van der Waals surface area contributed by atoms with E-state index in [9.17, 15) is 13.2 Å². The predicted molar refractivity (Wildman–Crippen MR) is 114 cm³/mol. The van der Waals surface area contributed by atoms with Crippen LogP contribution in [0.3, 0.4) is 0 Å². The largest absolute Gasteiger partial charge is 0.420 e. The van der Waals surface area contributed by atoms with Gasteiger partial charge in [-0.2, -0.15) is 13.2 Å². The van der Waals surface area contributed by atoms with Gasteiger partial charge in [0.1, 0.15) is 5.65 Å². The van der Waals surface area contributed by atoms with E-state index >= 15 is 0 Å². The molecule has 0 atom stereocenters. The third-order valence-corrected chi connectivity index (χ3v) is 5.56. The molecule has 0 radical (unpaired) electrons. The van der Waals surface area contributed by atoms with Crippen LogP contribution in [-0.4, -0.2) is 35.7 Å². The van der Waals surface area contributed by atoms with Crippen LogP contribution < -0.4 is 4.90 Å². The van der Waals surface area contributed by atoms with E-state index in [0.717, 1.165) is 29.9 Å². The van der Waals surface area contributed by atoms with Crippen LogP contribution in [0.15, 0.2) is 73.1 Å². The molecule has 0 spiro atoms. The molecule has 1 saturated heterocycles. The van der Waals surface area contributed by atoms with Crippen molar-refractivity contribution in [1.82, 2.24) is 9.38 Å². The smallest absolute Gasteiger partial charge is 0.378 e. The molecule has 0 unspecified atom stereocenters. The Kier molecular flexibility index (Phi) is 4.90. The summed E-state index contributed by atoms with van der Waals surface area (Å²) < 4.78 is 48.4. The number of anilines is 1. The van der Waals surface area contributed by atoms with E-state index in [1.54, 1.807) is 18.3 Å². The van der Waals surface area contributed by atoms with Crippen LogP contribution in [0.25, 0.3) is 28.0 Å². The number of ether oxygens (including phenoxy) is 1. The molecule has 7 heteroatoms. The summed E-state index contributed by atoms with van der Waals surface area (Å²) in [5.74, 6) is 0. The number of benzene rings is 2. The van der Waals surface area contributed by atoms with Crippen molar-refractivity contribution in [2.45, 2.75) is 6.18 Å². The minimum Gasteiger partial charge on any atom is -0.378 e. The fraction of sp³-hybridized carbons (Fsp3) is 0.208. The molecule has 2 aromatic carbocycles. The molecule has 1 aliphatic rings. The zero-order valence-corrected chi connectivity index (χ0v) is 16.6. The number of aromatic nitrogens is 2. The van der Waals surface area contributed by atoms with Gasteiger partial charge in [0, 0.05) is 30.5 Å². The number of rotatable bonds is 3. The van der Waals surface area contributed by atoms with Crippen molar-refractivity contribution in [1.29, 1.82) is 0 Å². The highest BCUT2D eigenvalue weighted by molar-refractivity contribution is 5.72. The van der Waals surface area contributed by atoms with Gasteiger partial charge in [-0.15, -0.1) is 0 Å². The highest BCUT2D eigenvalue weighted by Crippen LogP contribution is 2.37. The van der Waals surface area contributed by atoms with Crippen molar-refractivity contribution in [3.05, 3.63) is 78.6 Å². The maximum Gasteiger partial charge on any atom is 0.420 e. The van der Waals surface area contributed by atoms with Gasteiger partial charge in [-0.05, 0) is 29.3 Å². The summed E-state index contributed by atoms with van der Waals surface area (Å²) in [7, 11) is 0. The summed E-state index contributed by atoms with van der Waals surface area (Å²) in [5, 5.41) is 0. The third-order valence-electron chi connectivity index (χ3n) is 5.56. The van der Waals surface area contributed by atoms with Gasteiger partial charge in [-0.3, -0.25) is 4.40 Å². The predicted octanol–water partition coefficient (Wildman–Crippen LogP) is 5.52. The number of nitrogens with zero attached hydrogens (tertiary/aromatic N) is 3. The van der Waals surface area contributed by atoms with E-state index in [1.807, 2.05) is 42.5 Å². The molecule has 1 aliphatic heterocycles. The summed E-state index contributed by atoms with van der Waals surface area (Å²) in [4.78, 5) is 6.36. The third kappa shape index (κ3) is 3.77. The first kappa shape index (κ1) is 19.6. The molecule has 0 aliphatic carbocycles. The highest BCUT2D eigenvalue weighted by atomic mass is 19.4. The zero-order valence-electron chi connectivity index (χ0n) is 16.6. The van der Waals surface area contributed by atoms with E-state index in [1.165, 1.54) is 16.7 Å². The van der Waals surface area contributed by atoms with Crippen LogP contribution in [0.4, 0.5) is 18.9 Å². The standard InChI is InChI=1S/C24H20F3N3O/c25-24(26,27)21-14-19(17-4-2-1-3-5-17)16-30-22(15-28-23(21)30)18-6-8-20(9-7-18)29-10-12-31-13-11-29/h1-9,14-16H,10-13H2. The van der Waals surface area contributed by atoms with Crippen molar-refractivity contribution in [3.63, 3.8) is 0 Å². The van der Waals surface area contributed by atoms with Gasteiger partial charge < -0.3 is 9.64 Å². The van der Waals surface area contributed by atoms with Gasteiger partial charge in [-0.25, -0.2) is 4.98 Å². The molecule has 2 aromatic heterocycles. The van der Waals surface area contributed by atoms with Gasteiger partial charge in [0.05, 0.1) is 30.7 Å². The normalized spacial score (nSPS) is 14.9. The fourth-order valence-electron chi connectivity index (χ4n) is 3.96. The van der Waals surface area contributed by atoms with Crippen molar-refractivity contribution in [3.8, 4) is 22.4 Å². The van der Waals surface area contributed by atoms with Crippen molar-refractivity contribution < 1.29 is 17.9 Å². The Morgan fingerprint density at radius 3 is 2.23 bits per heavy atom. The van der Waals surface area contributed by atoms with E-state index in [4.69, 9.17) is 4.74 Å². The van der Waals surface area contributed by atoms with E-state index in [2.05, 4.69) is 9.88 Å². The molecule has 4 aromatic rings. The second-order valence-corrected chi connectivity index (χ2v) is 7.49. The Hall–Kier alpha value is -3.32. The minimum absolute atomic E-state index is 0.0977. The van der Waals surface area contributed by atoms with E-state index < -0.39 is 11.7 Å². The van der Waals surface area contributed by atoms with Gasteiger partial charge in [0.2, 0.25) is 0 Å². The summed E-state index contributed by atoms with van der Waals surface area (Å²) in [5.41, 5.74) is 2.86. The summed E-state index contributed by atoms with van der Waals surface area (Å²) in [6.45, 7) is 3.03. The first-order chi connectivity index (χ1) is 15.0. The van der Waals surface area contributed by atoms with Crippen LogP contribution in [0.2, 0.25) is 0 Å². The van der Waals surface area contributed by atoms with E-state index in [-0.39, 0.29) is 5.65 Å². The van der Waals surface area contributed by atoms with Crippen LogP contribution in [-0.2, 0) is 10.9 Å². The molecule has 3 heterocycles. The summed E-state index contributed by atoms with van der Waals surface area (Å²) in [6, 6.07) is 18.1. The number of hydrogen-bond donors (Lipinski definition) is 0. The lowest BCUT2D eigenvalue weighted by Gasteiger charge is -2.28. The number of morpholine rings is 1. The number of imidazole rings is 1. The van der Waals surface area contributed by atoms with Gasteiger partial charge >= 0.3 is 6.18 Å². The number of hydrogen-bond acceptors (Lipinski definition) is 3. The monoisotopic (exact) mass is 423 g/mol. The molecule has 0 amide bonds. The van der Waals surface area contributed by atoms with Crippen molar-refractivity contribution in [2.24, 2.45) is 0 Å². The molecule has 1 fully saturated rings. The quantitative estimate of drug-likeness (QED) is 0.434. The lowest BCUT2D eigenvalue weighted by atomic mass is 10.1. The van der Waals surface area contributed by atoms with Crippen LogP contribution >= 0.6 is 0 Å². The average molecular weight is 423 g/mol.